The highest BCUT2D eigenvalue weighted by atomic mass is 16.3. The molecule has 3 aromatic rings. The van der Waals surface area contributed by atoms with E-state index < -0.39 is 0 Å². The Labute approximate surface area is 91.0 Å². The second kappa shape index (κ2) is 3.30. The molecule has 78 valence electrons. The minimum Gasteiger partial charge on any atom is -0.508 e. The van der Waals surface area contributed by atoms with E-state index >= 15 is 0 Å². The number of benzene rings is 1. The summed E-state index contributed by atoms with van der Waals surface area (Å²) in [4.78, 5) is 3.97. The van der Waals surface area contributed by atoms with Gasteiger partial charge in [0.1, 0.15) is 11.3 Å². The normalized spacial score (nSPS) is 10.8. The Morgan fingerprint density at radius 2 is 2.12 bits per heavy atom. The van der Waals surface area contributed by atoms with Gasteiger partial charge in [0.15, 0.2) is 0 Å². The Bertz CT molecular complexity index is 647. The third kappa shape index (κ3) is 1.30. The number of aromatic nitrogens is 4. The van der Waals surface area contributed by atoms with Crippen LogP contribution in [0.5, 0.6) is 5.75 Å². The molecule has 0 bridgehead atoms. The van der Waals surface area contributed by atoms with E-state index in [2.05, 4.69) is 15.3 Å². The summed E-state index contributed by atoms with van der Waals surface area (Å²) in [5.41, 5.74) is 2.36. The van der Waals surface area contributed by atoms with E-state index in [9.17, 15) is 5.11 Å². The van der Waals surface area contributed by atoms with Gasteiger partial charge >= 0.3 is 0 Å². The molecule has 3 rings (SSSR count). The molecule has 0 fully saturated rings. The zero-order valence-corrected chi connectivity index (χ0v) is 8.28. The Kier molecular flexibility index (Phi) is 1.83. The Balaban J connectivity index is 2.26. The molecule has 1 N–H and O–H groups in total. The first-order valence-corrected chi connectivity index (χ1v) is 4.79. The quantitative estimate of drug-likeness (QED) is 0.664. The van der Waals surface area contributed by atoms with Crippen LogP contribution in [-0.4, -0.2) is 25.1 Å². The summed E-state index contributed by atoms with van der Waals surface area (Å²) in [5, 5.41) is 17.4. The number of phenols is 1. The van der Waals surface area contributed by atoms with Crippen LogP contribution in [0, 0.1) is 0 Å². The summed E-state index contributed by atoms with van der Waals surface area (Å²) in [6, 6.07) is 8.70. The highest BCUT2D eigenvalue weighted by Crippen LogP contribution is 2.18. The Hall–Kier alpha value is -2.43. The van der Waals surface area contributed by atoms with Crippen LogP contribution < -0.4 is 0 Å². The van der Waals surface area contributed by atoms with E-state index in [4.69, 9.17) is 0 Å². The molecule has 5 heteroatoms. The average Bonchev–Trinajstić information content (AvgIpc) is 2.72. The third-order valence-electron chi connectivity index (χ3n) is 2.32. The van der Waals surface area contributed by atoms with Crippen molar-refractivity contribution in [3.63, 3.8) is 0 Å². The van der Waals surface area contributed by atoms with Crippen molar-refractivity contribution in [1.82, 2.24) is 20.0 Å². The number of nitrogens with zero attached hydrogens (tertiary/aromatic N) is 4. The first-order valence-electron chi connectivity index (χ1n) is 4.79. The maximum atomic E-state index is 9.41. The molecule has 5 nitrogen and oxygen atoms in total. The molecule has 1 aromatic carbocycles. The lowest BCUT2D eigenvalue weighted by Crippen LogP contribution is -1.95. The lowest BCUT2D eigenvalue weighted by atomic mass is 10.3. The van der Waals surface area contributed by atoms with Crippen LogP contribution in [0.2, 0.25) is 0 Å². The zero-order valence-electron chi connectivity index (χ0n) is 8.28. The summed E-state index contributed by atoms with van der Waals surface area (Å²) in [6.45, 7) is 0. The molecule has 2 aromatic heterocycles. The maximum Gasteiger partial charge on any atom is 0.131 e. The van der Waals surface area contributed by atoms with Crippen LogP contribution >= 0.6 is 0 Å². The average molecular weight is 212 g/mol. The van der Waals surface area contributed by atoms with Gasteiger partial charge < -0.3 is 5.11 Å². The van der Waals surface area contributed by atoms with Crippen molar-refractivity contribution in [3.05, 3.63) is 42.7 Å². The number of pyridine rings is 1. The summed E-state index contributed by atoms with van der Waals surface area (Å²) in [7, 11) is 0. The molecule has 0 aliphatic heterocycles. The Morgan fingerprint density at radius 3 is 3.00 bits per heavy atom. The maximum absolute atomic E-state index is 9.41. The van der Waals surface area contributed by atoms with Gasteiger partial charge in [-0.1, -0.05) is 11.3 Å². The number of hydrogen-bond donors (Lipinski definition) is 1. The highest BCUT2D eigenvalue weighted by molar-refractivity contribution is 5.74. The molecular weight excluding hydrogens is 204 g/mol. The zero-order chi connectivity index (χ0) is 11.0. The molecule has 16 heavy (non-hydrogen) atoms. The smallest absolute Gasteiger partial charge is 0.131 e. The highest BCUT2D eigenvalue weighted by Gasteiger charge is 2.05. The van der Waals surface area contributed by atoms with Gasteiger partial charge in [-0.2, -0.15) is 0 Å². The van der Waals surface area contributed by atoms with Crippen molar-refractivity contribution in [2.45, 2.75) is 0 Å². The number of hydrogen-bond acceptors (Lipinski definition) is 4. The van der Waals surface area contributed by atoms with E-state index in [0.717, 1.165) is 16.7 Å². The van der Waals surface area contributed by atoms with Gasteiger partial charge in [-0.05, 0) is 18.2 Å². The standard InChI is InChI=1S/C11H8N4O/c16-9-3-1-2-8(6-9)15-11-4-5-12-7-10(11)13-14-15/h1-7,16H. The van der Waals surface area contributed by atoms with Crippen molar-refractivity contribution < 1.29 is 5.11 Å². The van der Waals surface area contributed by atoms with Crippen LogP contribution in [0.3, 0.4) is 0 Å². The van der Waals surface area contributed by atoms with Crippen molar-refractivity contribution >= 4 is 11.0 Å². The molecule has 0 spiro atoms. The van der Waals surface area contributed by atoms with Gasteiger partial charge in [0, 0.05) is 12.3 Å². The van der Waals surface area contributed by atoms with Crippen LogP contribution in [-0.2, 0) is 0 Å². The second-order valence-electron chi connectivity index (χ2n) is 3.39. The molecule has 0 aliphatic rings. The van der Waals surface area contributed by atoms with Gasteiger partial charge in [-0.3, -0.25) is 4.98 Å². The lowest BCUT2D eigenvalue weighted by molar-refractivity contribution is 0.475. The minimum atomic E-state index is 0.204. The monoisotopic (exact) mass is 212 g/mol. The summed E-state index contributed by atoms with van der Waals surface area (Å²) in [6.07, 6.45) is 3.34. The van der Waals surface area contributed by atoms with Crippen LogP contribution in [0.1, 0.15) is 0 Å². The van der Waals surface area contributed by atoms with E-state index in [0.29, 0.717) is 0 Å². The molecule has 0 saturated carbocycles. The molecule has 0 aliphatic carbocycles. The van der Waals surface area contributed by atoms with Crippen molar-refractivity contribution in [1.29, 1.82) is 0 Å². The lowest BCUT2D eigenvalue weighted by Gasteiger charge is -2.01. The van der Waals surface area contributed by atoms with Gasteiger partial charge in [0.25, 0.3) is 0 Å². The summed E-state index contributed by atoms with van der Waals surface area (Å²) >= 11 is 0. The third-order valence-corrected chi connectivity index (χ3v) is 2.32. The molecule has 0 unspecified atom stereocenters. The van der Waals surface area contributed by atoms with Crippen LogP contribution in [0.4, 0.5) is 0 Å². The Morgan fingerprint density at radius 1 is 1.19 bits per heavy atom. The number of rotatable bonds is 1. The minimum absolute atomic E-state index is 0.204. The van der Waals surface area contributed by atoms with Gasteiger partial charge in [-0.15, -0.1) is 5.10 Å². The molecule has 0 radical (unpaired) electrons. The van der Waals surface area contributed by atoms with Gasteiger partial charge in [-0.25, -0.2) is 4.68 Å². The molecule has 2 heterocycles. The number of phenolic OH excluding ortho intramolecular Hbond substituents is 1. The van der Waals surface area contributed by atoms with Crippen molar-refractivity contribution in [2.24, 2.45) is 0 Å². The van der Waals surface area contributed by atoms with E-state index in [1.165, 1.54) is 0 Å². The first-order chi connectivity index (χ1) is 7.84. The first kappa shape index (κ1) is 8.84. The number of fused-ring (bicyclic) bond motifs is 1. The fourth-order valence-electron chi connectivity index (χ4n) is 1.59. The predicted octanol–water partition coefficient (Wildman–Crippen LogP) is 1.52. The topological polar surface area (TPSA) is 63.8 Å². The largest absolute Gasteiger partial charge is 0.508 e. The fraction of sp³-hybridized carbons (Fsp3) is 0. The van der Waals surface area contributed by atoms with Crippen molar-refractivity contribution in [3.8, 4) is 11.4 Å². The SMILES string of the molecule is Oc1cccc(-n2nnc3cnccc32)c1. The number of aromatic hydroxyl groups is 1. The molecular formula is C11H8N4O. The van der Waals surface area contributed by atoms with Crippen LogP contribution in [0.15, 0.2) is 42.7 Å². The molecule has 0 saturated heterocycles. The van der Waals surface area contributed by atoms with Crippen LogP contribution in [0.25, 0.3) is 16.7 Å². The van der Waals surface area contributed by atoms with E-state index in [1.807, 2.05) is 12.1 Å². The fourth-order valence-corrected chi connectivity index (χ4v) is 1.59. The second-order valence-corrected chi connectivity index (χ2v) is 3.39. The molecule has 0 amide bonds. The summed E-state index contributed by atoms with van der Waals surface area (Å²) in [5.74, 6) is 0.204. The molecule has 0 atom stereocenters. The van der Waals surface area contributed by atoms with E-state index in [1.54, 1.807) is 35.3 Å². The van der Waals surface area contributed by atoms with E-state index in [-0.39, 0.29) is 5.75 Å². The summed E-state index contributed by atoms with van der Waals surface area (Å²) < 4.78 is 1.66. The predicted molar refractivity (Wildman–Crippen MR) is 58.3 cm³/mol. The van der Waals surface area contributed by atoms with Gasteiger partial charge in [0.05, 0.1) is 17.4 Å². The van der Waals surface area contributed by atoms with Gasteiger partial charge in [0.2, 0.25) is 0 Å². The van der Waals surface area contributed by atoms with Crippen molar-refractivity contribution in [2.75, 3.05) is 0 Å².